The Labute approximate surface area is 224 Å². The van der Waals surface area contributed by atoms with Gasteiger partial charge in [-0.15, -0.1) is 11.3 Å². The Morgan fingerprint density at radius 2 is 1.70 bits per heavy atom. The number of amides is 2. The van der Waals surface area contributed by atoms with Crippen molar-refractivity contribution in [2.24, 2.45) is 0 Å². The molecule has 0 atom stereocenters. The van der Waals surface area contributed by atoms with Crippen LogP contribution in [0.15, 0.2) is 66.1 Å². The molecule has 3 aromatic rings. The van der Waals surface area contributed by atoms with Crippen molar-refractivity contribution in [3.05, 3.63) is 87.6 Å². The van der Waals surface area contributed by atoms with E-state index in [4.69, 9.17) is 9.47 Å². The molecule has 0 saturated carbocycles. The lowest BCUT2D eigenvalue weighted by Crippen LogP contribution is -2.43. The summed E-state index contributed by atoms with van der Waals surface area (Å²) in [6, 6.07) is 17.6. The summed E-state index contributed by atoms with van der Waals surface area (Å²) in [5.74, 6) is 1.11. The summed E-state index contributed by atoms with van der Waals surface area (Å²) in [6.45, 7) is 5.68. The number of ether oxygens (including phenoxy) is 2. The lowest BCUT2D eigenvalue weighted by molar-refractivity contribution is -0.138. The summed E-state index contributed by atoms with van der Waals surface area (Å²) in [5, 5.41) is 2.04. The van der Waals surface area contributed by atoms with E-state index in [1.807, 2.05) is 65.7 Å². The van der Waals surface area contributed by atoms with Gasteiger partial charge in [0, 0.05) is 24.0 Å². The van der Waals surface area contributed by atoms with Gasteiger partial charge in [0.25, 0.3) is 0 Å². The van der Waals surface area contributed by atoms with Crippen molar-refractivity contribution in [3.8, 4) is 11.5 Å². The van der Waals surface area contributed by atoms with Crippen molar-refractivity contribution in [1.82, 2.24) is 9.80 Å². The van der Waals surface area contributed by atoms with Gasteiger partial charge < -0.3 is 19.3 Å². The minimum Gasteiger partial charge on any atom is -0.493 e. The Kier molecular flexibility index (Phi) is 10.8. The van der Waals surface area contributed by atoms with E-state index < -0.39 is 0 Å². The Bertz CT molecular complexity index is 1190. The van der Waals surface area contributed by atoms with Crippen LogP contribution in [-0.2, 0) is 22.6 Å². The molecule has 1 aromatic heterocycles. The predicted molar refractivity (Wildman–Crippen MR) is 150 cm³/mol. The van der Waals surface area contributed by atoms with E-state index in [2.05, 4.69) is 13.0 Å². The summed E-state index contributed by atoms with van der Waals surface area (Å²) in [5.41, 5.74) is 3.16. The first kappa shape index (κ1) is 28.0. The van der Waals surface area contributed by atoms with Crippen LogP contribution in [0.25, 0.3) is 6.08 Å². The fourth-order valence-corrected chi connectivity index (χ4v) is 4.89. The van der Waals surface area contributed by atoms with Crippen LogP contribution in [-0.4, -0.2) is 55.5 Å². The van der Waals surface area contributed by atoms with Crippen molar-refractivity contribution >= 4 is 29.2 Å². The zero-order chi connectivity index (χ0) is 26.6. The van der Waals surface area contributed by atoms with Crippen LogP contribution in [0.1, 0.15) is 34.9 Å². The number of hydrogen-bond donors (Lipinski definition) is 0. The zero-order valence-corrected chi connectivity index (χ0v) is 22.9. The Balaban J connectivity index is 1.74. The molecule has 2 amide bonds. The molecular weight excluding hydrogens is 484 g/mol. The molecule has 0 radical (unpaired) electrons. The Morgan fingerprint density at radius 3 is 2.35 bits per heavy atom. The smallest absolute Gasteiger partial charge is 0.247 e. The molecule has 0 aliphatic rings. The molecule has 0 fully saturated rings. The largest absolute Gasteiger partial charge is 0.493 e. The summed E-state index contributed by atoms with van der Waals surface area (Å²) in [4.78, 5) is 31.2. The molecular formula is C30H36N2O4S. The van der Waals surface area contributed by atoms with Crippen LogP contribution in [0.3, 0.4) is 0 Å². The molecule has 0 bridgehead atoms. The van der Waals surface area contributed by atoms with Gasteiger partial charge in [0.1, 0.15) is 6.54 Å². The molecule has 7 heteroatoms. The summed E-state index contributed by atoms with van der Waals surface area (Å²) >= 11 is 1.65. The number of thiophene rings is 1. The number of rotatable bonds is 13. The van der Waals surface area contributed by atoms with Gasteiger partial charge >= 0.3 is 0 Å². The van der Waals surface area contributed by atoms with E-state index in [0.717, 1.165) is 22.4 Å². The van der Waals surface area contributed by atoms with E-state index in [9.17, 15) is 9.59 Å². The molecule has 0 saturated heterocycles. The van der Waals surface area contributed by atoms with Gasteiger partial charge in [-0.2, -0.15) is 0 Å². The number of benzene rings is 2. The van der Waals surface area contributed by atoms with Gasteiger partial charge in [0.15, 0.2) is 11.5 Å². The third kappa shape index (κ3) is 8.22. The molecule has 37 heavy (non-hydrogen) atoms. The first-order valence-electron chi connectivity index (χ1n) is 12.5. The third-order valence-electron chi connectivity index (χ3n) is 6.12. The van der Waals surface area contributed by atoms with Crippen molar-refractivity contribution < 1.29 is 19.1 Å². The average Bonchev–Trinajstić information content (AvgIpc) is 3.33. The number of aryl methyl sites for hydroxylation is 1. The fraction of sp³-hybridized carbons (Fsp3) is 0.333. The van der Waals surface area contributed by atoms with E-state index in [0.29, 0.717) is 37.6 Å². The SMILES string of the molecule is CCCN(CC(=O)N(CCc1ccc(OC)c(OC)c1)Cc1sccc1C)C(=O)C=Cc1ccccc1. The first-order valence-corrected chi connectivity index (χ1v) is 13.4. The molecule has 6 nitrogen and oxygen atoms in total. The zero-order valence-electron chi connectivity index (χ0n) is 22.1. The van der Waals surface area contributed by atoms with E-state index in [-0.39, 0.29) is 18.4 Å². The van der Waals surface area contributed by atoms with Gasteiger partial charge in [0.05, 0.1) is 20.8 Å². The van der Waals surface area contributed by atoms with E-state index >= 15 is 0 Å². The van der Waals surface area contributed by atoms with Crippen molar-refractivity contribution in [3.63, 3.8) is 0 Å². The quantitative estimate of drug-likeness (QED) is 0.276. The molecule has 196 valence electrons. The van der Waals surface area contributed by atoms with E-state index in [1.165, 1.54) is 5.56 Å². The lowest BCUT2D eigenvalue weighted by atomic mass is 10.1. The fourth-order valence-electron chi connectivity index (χ4n) is 3.97. The van der Waals surface area contributed by atoms with Crippen LogP contribution in [0, 0.1) is 6.92 Å². The molecule has 0 aliphatic carbocycles. The van der Waals surface area contributed by atoms with Gasteiger partial charge in [-0.25, -0.2) is 0 Å². The normalized spacial score (nSPS) is 10.9. The molecule has 0 N–H and O–H groups in total. The van der Waals surface area contributed by atoms with Gasteiger partial charge in [-0.05, 0) is 66.1 Å². The maximum Gasteiger partial charge on any atom is 0.247 e. The second-order valence-electron chi connectivity index (χ2n) is 8.79. The molecule has 0 unspecified atom stereocenters. The van der Waals surface area contributed by atoms with Crippen LogP contribution >= 0.6 is 11.3 Å². The second-order valence-corrected chi connectivity index (χ2v) is 9.79. The minimum absolute atomic E-state index is 0.0438. The Hall–Kier alpha value is -3.58. The van der Waals surface area contributed by atoms with Crippen molar-refractivity contribution in [1.29, 1.82) is 0 Å². The van der Waals surface area contributed by atoms with Crippen LogP contribution in [0.4, 0.5) is 0 Å². The third-order valence-corrected chi connectivity index (χ3v) is 7.13. The molecule has 0 aliphatic heterocycles. The number of carbonyl (C=O) groups is 2. The highest BCUT2D eigenvalue weighted by atomic mass is 32.1. The van der Waals surface area contributed by atoms with Crippen molar-refractivity contribution in [2.75, 3.05) is 33.9 Å². The highest BCUT2D eigenvalue weighted by Gasteiger charge is 2.21. The summed E-state index contributed by atoms with van der Waals surface area (Å²) in [6.07, 6.45) is 4.77. The summed E-state index contributed by atoms with van der Waals surface area (Å²) < 4.78 is 10.8. The minimum atomic E-state index is -0.161. The highest BCUT2D eigenvalue weighted by Crippen LogP contribution is 2.28. The summed E-state index contributed by atoms with van der Waals surface area (Å²) in [7, 11) is 3.22. The molecule has 1 heterocycles. The molecule has 3 rings (SSSR count). The number of nitrogens with zero attached hydrogens (tertiary/aromatic N) is 2. The standard InChI is InChI=1S/C30H36N2O4S/c1-5-17-31(29(33)14-12-24-9-7-6-8-10-24)22-30(34)32(21-28-23(2)16-19-37-28)18-15-25-11-13-26(35-3)27(20-25)36-4/h6-14,16,19-20H,5,15,17-18,21-22H2,1-4H3. The molecule has 2 aromatic carbocycles. The van der Waals surface area contributed by atoms with Crippen LogP contribution < -0.4 is 9.47 Å². The second kappa shape index (κ2) is 14.2. The average molecular weight is 521 g/mol. The molecule has 0 spiro atoms. The highest BCUT2D eigenvalue weighted by molar-refractivity contribution is 7.10. The predicted octanol–water partition coefficient (Wildman–Crippen LogP) is 5.60. The maximum atomic E-state index is 13.6. The lowest BCUT2D eigenvalue weighted by Gasteiger charge is -2.27. The van der Waals surface area contributed by atoms with Gasteiger partial charge in [-0.3, -0.25) is 9.59 Å². The van der Waals surface area contributed by atoms with Gasteiger partial charge in [0.2, 0.25) is 11.8 Å². The topological polar surface area (TPSA) is 59.1 Å². The maximum absolute atomic E-state index is 13.6. The van der Waals surface area contributed by atoms with Crippen LogP contribution in [0.5, 0.6) is 11.5 Å². The Morgan fingerprint density at radius 1 is 0.946 bits per heavy atom. The number of carbonyl (C=O) groups excluding carboxylic acids is 2. The number of hydrogen-bond acceptors (Lipinski definition) is 5. The van der Waals surface area contributed by atoms with Crippen molar-refractivity contribution in [2.45, 2.75) is 33.2 Å². The van der Waals surface area contributed by atoms with Gasteiger partial charge in [-0.1, -0.05) is 43.3 Å². The monoisotopic (exact) mass is 520 g/mol. The van der Waals surface area contributed by atoms with Crippen LogP contribution in [0.2, 0.25) is 0 Å². The van der Waals surface area contributed by atoms with E-state index in [1.54, 1.807) is 42.6 Å². The first-order chi connectivity index (χ1) is 17.9. The number of methoxy groups -OCH3 is 2.